The molecule has 10 nitrogen and oxygen atoms in total. The molecule has 0 radical (unpaired) electrons. The van der Waals surface area contributed by atoms with Crippen molar-refractivity contribution in [3.63, 3.8) is 0 Å². The Morgan fingerprint density at radius 3 is 2.61 bits per heavy atom. The van der Waals surface area contributed by atoms with Gasteiger partial charge in [-0.1, -0.05) is 12.8 Å². The number of piperazine rings is 1. The number of methoxy groups -OCH3 is 1. The Balaban J connectivity index is 1.07. The number of ether oxygens (including phenoxy) is 1. The molecular formula is C26H36N6O4. The van der Waals surface area contributed by atoms with Gasteiger partial charge in [0.2, 0.25) is 5.91 Å². The van der Waals surface area contributed by atoms with Gasteiger partial charge >= 0.3 is 0 Å². The zero-order valence-corrected chi connectivity index (χ0v) is 20.9. The molecule has 2 aromatic rings. The van der Waals surface area contributed by atoms with Gasteiger partial charge in [0.15, 0.2) is 5.58 Å². The monoisotopic (exact) mass is 496 g/mol. The number of oxazole rings is 1. The second-order valence-corrected chi connectivity index (χ2v) is 10.5. The largest absolute Gasteiger partial charge is 0.423 e. The third kappa shape index (κ3) is 4.57. The maximum atomic E-state index is 13.3. The molecule has 3 unspecified atom stereocenters. The SMILES string of the molecule is COC1CCN(c2nc3ccc(C(=O)N4CCN(C5NC(=O)C6CCCCC6N5)CC4)cc3o2)CC1. The highest BCUT2D eigenvalue weighted by atomic mass is 16.5. The van der Waals surface area contributed by atoms with E-state index in [0.717, 1.165) is 50.7 Å². The van der Waals surface area contributed by atoms with E-state index < -0.39 is 0 Å². The van der Waals surface area contributed by atoms with Gasteiger partial charge in [-0.05, 0) is 43.9 Å². The van der Waals surface area contributed by atoms with E-state index in [1.54, 1.807) is 7.11 Å². The molecule has 10 heteroatoms. The van der Waals surface area contributed by atoms with Crippen LogP contribution in [0.2, 0.25) is 0 Å². The summed E-state index contributed by atoms with van der Waals surface area (Å²) in [5, 5.41) is 6.80. The lowest BCUT2D eigenvalue weighted by atomic mass is 9.82. The Labute approximate surface area is 211 Å². The number of hydrogen-bond acceptors (Lipinski definition) is 8. The van der Waals surface area contributed by atoms with Crippen molar-refractivity contribution in [2.24, 2.45) is 5.92 Å². The van der Waals surface area contributed by atoms with E-state index in [0.29, 0.717) is 49.4 Å². The first-order valence-electron chi connectivity index (χ1n) is 13.4. The minimum atomic E-state index is -0.146. The number of rotatable bonds is 4. The number of carbonyl (C=O) groups is 2. The second-order valence-electron chi connectivity index (χ2n) is 10.5. The standard InChI is InChI=1S/C26H36N6O4/c1-35-18-8-10-32(11-9-18)26-28-21-7-6-17(16-22(21)36-26)24(34)30-12-14-31(15-13-30)25-27-20-5-3-2-4-19(20)23(33)29-25/h6-7,16,18-20,25,27H,2-5,8-15H2,1H3,(H,29,33). The fourth-order valence-electron chi connectivity index (χ4n) is 6.16. The summed E-state index contributed by atoms with van der Waals surface area (Å²) < 4.78 is 11.5. The van der Waals surface area contributed by atoms with Gasteiger partial charge in [-0.2, -0.15) is 4.98 Å². The Kier molecular flexibility index (Phi) is 6.57. The molecule has 3 atom stereocenters. The van der Waals surface area contributed by atoms with Crippen molar-refractivity contribution in [2.45, 2.75) is 57.0 Å². The van der Waals surface area contributed by atoms with Crippen LogP contribution in [0.25, 0.3) is 11.1 Å². The number of piperidine rings is 1. The van der Waals surface area contributed by atoms with Crippen molar-refractivity contribution >= 4 is 28.9 Å². The summed E-state index contributed by atoms with van der Waals surface area (Å²) in [6.45, 7) is 4.36. The normalized spacial score (nSPS) is 28.2. The van der Waals surface area contributed by atoms with E-state index in [-0.39, 0.29) is 30.1 Å². The number of anilines is 1. The first kappa shape index (κ1) is 23.7. The Morgan fingerprint density at radius 2 is 1.83 bits per heavy atom. The zero-order valence-electron chi connectivity index (χ0n) is 20.9. The van der Waals surface area contributed by atoms with Crippen LogP contribution in [0, 0.1) is 5.92 Å². The molecule has 0 bridgehead atoms. The van der Waals surface area contributed by atoms with E-state index >= 15 is 0 Å². The van der Waals surface area contributed by atoms with Crippen molar-refractivity contribution in [1.29, 1.82) is 0 Å². The molecule has 36 heavy (non-hydrogen) atoms. The van der Waals surface area contributed by atoms with Crippen molar-refractivity contribution in [3.8, 4) is 0 Å². The number of amides is 2. The summed E-state index contributed by atoms with van der Waals surface area (Å²) in [5.74, 6) is 0.273. The van der Waals surface area contributed by atoms with Gasteiger partial charge in [0.05, 0.1) is 12.0 Å². The fraction of sp³-hybridized carbons (Fsp3) is 0.654. The van der Waals surface area contributed by atoms with E-state index in [2.05, 4.69) is 25.4 Å². The van der Waals surface area contributed by atoms with Crippen LogP contribution in [0.3, 0.4) is 0 Å². The van der Waals surface area contributed by atoms with E-state index in [9.17, 15) is 9.59 Å². The zero-order chi connectivity index (χ0) is 24.6. The first-order valence-corrected chi connectivity index (χ1v) is 13.4. The molecule has 1 aromatic carbocycles. The van der Waals surface area contributed by atoms with Crippen molar-refractivity contribution in [2.75, 3.05) is 51.3 Å². The highest BCUT2D eigenvalue weighted by Crippen LogP contribution is 2.29. The summed E-state index contributed by atoms with van der Waals surface area (Å²) in [6, 6.07) is 6.40. The highest BCUT2D eigenvalue weighted by Gasteiger charge is 2.40. The number of fused-ring (bicyclic) bond motifs is 2. The topological polar surface area (TPSA) is 103 Å². The number of carbonyl (C=O) groups excluding carboxylic acids is 2. The number of hydrogen-bond donors (Lipinski definition) is 2. The minimum absolute atomic E-state index is 0.00314. The quantitative estimate of drug-likeness (QED) is 0.660. The fourth-order valence-corrected chi connectivity index (χ4v) is 6.16. The van der Waals surface area contributed by atoms with Gasteiger partial charge in [0.1, 0.15) is 11.8 Å². The second kappa shape index (κ2) is 9.99. The number of nitrogens with one attached hydrogen (secondary N) is 2. The van der Waals surface area contributed by atoms with Crippen LogP contribution in [0.4, 0.5) is 6.01 Å². The predicted molar refractivity (Wildman–Crippen MR) is 135 cm³/mol. The molecule has 6 rings (SSSR count). The Morgan fingerprint density at radius 1 is 1.06 bits per heavy atom. The molecule has 1 aromatic heterocycles. The van der Waals surface area contributed by atoms with Gasteiger partial charge in [0.25, 0.3) is 11.9 Å². The van der Waals surface area contributed by atoms with Gasteiger partial charge < -0.3 is 24.3 Å². The smallest absolute Gasteiger partial charge is 0.298 e. The summed E-state index contributed by atoms with van der Waals surface area (Å²) >= 11 is 0. The molecule has 4 fully saturated rings. The summed E-state index contributed by atoms with van der Waals surface area (Å²) in [6.07, 6.45) is 6.40. The molecule has 3 aliphatic heterocycles. The molecule has 0 spiro atoms. The maximum absolute atomic E-state index is 13.3. The summed E-state index contributed by atoms with van der Waals surface area (Å²) in [7, 11) is 1.76. The Bertz CT molecular complexity index is 1110. The number of aromatic nitrogens is 1. The lowest BCUT2D eigenvalue weighted by Gasteiger charge is -2.46. The van der Waals surface area contributed by atoms with Crippen LogP contribution in [-0.2, 0) is 9.53 Å². The van der Waals surface area contributed by atoms with Crippen LogP contribution in [0.5, 0.6) is 0 Å². The van der Waals surface area contributed by atoms with Crippen molar-refractivity contribution < 1.29 is 18.7 Å². The molecule has 4 aliphatic rings. The molecular weight excluding hydrogens is 460 g/mol. The Hall–Kier alpha value is -2.69. The van der Waals surface area contributed by atoms with Crippen LogP contribution < -0.4 is 15.5 Å². The highest BCUT2D eigenvalue weighted by molar-refractivity contribution is 5.97. The van der Waals surface area contributed by atoms with E-state index in [1.165, 1.54) is 6.42 Å². The van der Waals surface area contributed by atoms with Crippen LogP contribution in [-0.4, -0.2) is 91.4 Å². The first-order chi connectivity index (χ1) is 17.6. The van der Waals surface area contributed by atoms with Crippen molar-refractivity contribution in [1.82, 2.24) is 25.4 Å². The summed E-state index contributed by atoms with van der Waals surface area (Å²) in [5.41, 5.74) is 2.02. The molecule has 2 amide bonds. The maximum Gasteiger partial charge on any atom is 0.298 e. The van der Waals surface area contributed by atoms with E-state index in [4.69, 9.17) is 9.15 Å². The van der Waals surface area contributed by atoms with Crippen LogP contribution in [0.1, 0.15) is 48.9 Å². The third-order valence-corrected chi connectivity index (χ3v) is 8.39. The van der Waals surface area contributed by atoms with Gasteiger partial charge in [-0.25, -0.2) is 0 Å². The van der Waals surface area contributed by atoms with Crippen LogP contribution >= 0.6 is 0 Å². The number of nitrogens with zero attached hydrogens (tertiary/aromatic N) is 4. The molecule has 1 aliphatic carbocycles. The molecule has 1 saturated carbocycles. The average molecular weight is 497 g/mol. The average Bonchev–Trinajstić information content (AvgIpc) is 3.36. The molecule has 3 saturated heterocycles. The molecule has 4 heterocycles. The minimum Gasteiger partial charge on any atom is -0.423 e. The van der Waals surface area contributed by atoms with E-state index in [1.807, 2.05) is 23.1 Å². The van der Waals surface area contributed by atoms with Crippen LogP contribution in [0.15, 0.2) is 22.6 Å². The predicted octanol–water partition coefficient (Wildman–Crippen LogP) is 1.76. The molecule has 194 valence electrons. The van der Waals surface area contributed by atoms with Crippen molar-refractivity contribution in [3.05, 3.63) is 23.8 Å². The molecule has 2 N–H and O–H groups in total. The van der Waals surface area contributed by atoms with Gasteiger partial charge in [0, 0.05) is 58.0 Å². The lowest BCUT2D eigenvalue weighted by molar-refractivity contribution is -0.134. The third-order valence-electron chi connectivity index (χ3n) is 8.39. The van der Waals surface area contributed by atoms with Gasteiger partial charge in [-0.3, -0.25) is 19.8 Å². The number of benzene rings is 1. The summed E-state index contributed by atoms with van der Waals surface area (Å²) in [4.78, 5) is 36.8. The lowest BCUT2D eigenvalue weighted by Crippen LogP contribution is -2.69. The van der Waals surface area contributed by atoms with Gasteiger partial charge in [-0.15, -0.1) is 0 Å².